The third-order valence-electron chi connectivity index (χ3n) is 5.21. The molecule has 0 saturated carbocycles. The van der Waals surface area contributed by atoms with Gasteiger partial charge in [-0.2, -0.15) is 0 Å². The number of anilines is 1. The molecule has 0 aliphatic carbocycles. The fourth-order valence-electron chi connectivity index (χ4n) is 3.75. The van der Waals surface area contributed by atoms with Crippen molar-refractivity contribution < 1.29 is 4.74 Å². The SMILES string of the molecule is CCN(CC)CCOC1CCN(Cc2cccc3c2NCC3)C1.Cl. The maximum Gasteiger partial charge on any atom is 0.0714 e. The van der Waals surface area contributed by atoms with E-state index in [-0.39, 0.29) is 12.4 Å². The van der Waals surface area contributed by atoms with Crippen LogP contribution in [0, 0.1) is 0 Å². The van der Waals surface area contributed by atoms with Gasteiger partial charge in [-0.15, -0.1) is 12.4 Å². The molecule has 4 nitrogen and oxygen atoms in total. The van der Waals surface area contributed by atoms with Crippen molar-refractivity contribution in [2.45, 2.75) is 39.3 Å². The van der Waals surface area contributed by atoms with Gasteiger partial charge in [0.2, 0.25) is 0 Å². The van der Waals surface area contributed by atoms with Crippen LogP contribution in [-0.2, 0) is 17.7 Å². The first-order valence-electron chi connectivity index (χ1n) is 9.21. The zero-order chi connectivity index (χ0) is 16.1. The van der Waals surface area contributed by atoms with E-state index in [4.69, 9.17) is 4.74 Å². The zero-order valence-corrected chi connectivity index (χ0v) is 15.9. The number of hydrogen-bond acceptors (Lipinski definition) is 4. The molecule has 0 amide bonds. The molecule has 1 N–H and O–H groups in total. The molecule has 1 unspecified atom stereocenters. The number of hydrogen-bond donors (Lipinski definition) is 1. The largest absolute Gasteiger partial charge is 0.384 e. The molecule has 0 aromatic heterocycles. The standard InChI is InChI=1S/C19H31N3O.ClH/c1-3-21(4-2)12-13-23-18-9-11-22(15-18)14-17-7-5-6-16-8-10-20-19(16)17;/h5-7,18,20H,3-4,8-15H2,1-2H3;1H. The van der Waals surface area contributed by atoms with E-state index in [0.717, 1.165) is 52.4 Å². The molecule has 0 radical (unpaired) electrons. The predicted octanol–water partition coefficient (Wildman–Crippen LogP) is 3.01. The van der Waals surface area contributed by atoms with Gasteiger partial charge in [-0.1, -0.05) is 32.0 Å². The summed E-state index contributed by atoms with van der Waals surface area (Å²) in [6, 6.07) is 6.73. The highest BCUT2D eigenvalue weighted by atomic mass is 35.5. The van der Waals surface area contributed by atoms with Crippen molar-refractivity contribution in [1.82, 2.24) is 9.80 Å². The quantitative estimate of drug-likeness (QED) is 0.777. The number of likely N-dealkylation sites (tertiary alicyclic amines) is 1. The summed E-state index contributed by atoms with van der Waals surface area (Å²) in [5.74, 6) is 0. The minimum Gasteiger partial charge on any atom is -0.384 e. The lowest BCUT2D eigenvalue weighted by Gasteiger charge is -2.20. The van der Waals surface area contributed by atoms with E-state index in [1.165, 1.54) is 29.7 Å². The molecule has 1 saturated heterocycles. The Kier molecular flexibility index (Phi) is 7.82. The van der Waals surface area contributed by atoms with Crippen molar-refractivity contribution in [1.29, 1.82) is 0 Å². The van der Waals surface area contributed by atoms with E-state index < -0.39 is 0 Å². The lowest BCUT2D eigenvalue weighted by Crippen LogP contribution is -2.29. The molecule has 1 atom stereocenters. The Labute approximate surface area is 153 Å². The number of benzene rings is 1. The zero-order valence-electron chi connectivity index (χ0n) is 15.1. The van der Waals surface area contributed by atoms with E-state index in [0.29, 0.717) is 6.10 Å². The van der Waals surface area contributed by atoms with Gasteiger partial charge in [0, 0.05) is 38.4 Å². The number of nitrogens with zero attached hydrogens (tertiary/aromatic N) is 2. The summed E-state index contributed by atoms with van der Waals surface area (Å²) < 4.78 is 6.10. The van der Waals surface area contributed by atoms with Gasteiger partial charge in [0.25, 0.3) is 0 Å². The van der Waals surface area contributed by atoms with Crippen LogP contribution in [0.2, 0.25) is 0 Å². The van der Waals surface area contributed by atoms with Crippen LogP contribution in [0.3, 0.4) is 0 Å². The normalized spacial score (nSPS) is 20.0. The second-order valence-electron chi connectivity index (χ2n) is 6.67. The summed E-state index contributed by atoms with van der Waals surface area (Å²) in [5.41, 5.74) is 4.32. The van der Waals surface area contributed by atoms with Crippen molar-refractivity contribution in [2.75, 3.05) is 51.2 Å². The summed E-state index contributed by atoms with van der Waals surface area (Å²) >= 11 is 0. The number of rotatable bonds is 8. The third kappa shape index (κ3) is 4.85. The third-order valence-corrected chi connectivity index (χ3v) is 5.21. The minimum absolute atomic E-state index is 0. The maximum absolute atomic E-state index is 6.10. The summed E-state index contributed by atoms with van der Waals surface area (Å²) in [6.07, 6.45) is 2.75. The van der Waals surface area contributed by atoms with E-state index in [1.54, 1.807) is 0 Å². The van der Waals surface area contributed by atoms with Crippen LogP contribution in [0.5, 0.6) is 0 Å². The molecule has 2 aliphatic rings. The van der Waals surface area contributed by atoms with Crippen LogP contribution in [0.1, 0.15) is 31.4 Å². The first-order valence-corrected chi connectivity index (χ1v) is 9.21. The molecule has 136 valence electrons. The van der Waals surface area contributed by atoms with Gasteiger partial charge >= 0.3 is 0 Å². The molecule has 1 aromatic rings. The highest BCUT2D eigenvalue weighted by Crippen LogP contribution is 2.28. The highest BCUT2D eigenvalue weighted by molar-refractivity contribution is 5.85. The van der Waals surface area contributed by atoms with Crippen molar-refractivity contribution >= 4 is 18.1 Å². The Morgan fingerprint density at radius 2 is 2.12 bits per heavy atom. The smallest absolute Gasteiger partial charge is 0.0714 e. The molecular weight excluding hydrogens is 322 g/mol. The van der Waals surface area contributed by atoms with Gasteiger partial charge in [-0.05, 0) is 37.1 Å². The average Bonchev–Trinajstić information content (AvgIpc) is 3.21. The Morgan fingerprint density at radius 1 is 1.29 bits per heavy atom. The molecule has 1 aromatic carbocycles. The monoisotopic (exact) mass is 353 g/mol. The van der Waals surface area contributed by atoms with Crippen molar-refractivity contribution in [3.05, 3.63) is 29.3 Å². The van der Waals surface area contributed by atoms with Crippen molar-refractivity contribution in [3.8, 4) is 0 Å². The van der Waals surface area contributed by atoms with Crippen LogP contribution >= 0.6 is 12.4 Å². The number of fused-ring (bicyclic) bond motifs is 1. The number of para-hydroxylation sites is 1. The van der Waals surface area contributed by atoms with Gasteiger partial charge in [0.1, 0.15) is 0 Å². The summed E-state index contributed by atoms with van der Waals surface area (Å²) in [7, 11) is 0. The lowest BCUT2D eigenvalue weighted by molar-refractivity contribution is 0.0439. The molecule has 3 rings (SSSR count). The van der Waals surface area contributed by atoms with Gasteiger partial charge in [0.15, 0.2) is 0 Å². The first kappa shape index (κ1) is 19.5. The Bertz CT molecular complexity index is 507. The van der Waals surface area contributed by atoms with Gasteiger partial charge in [-0.25, -0.2) is 0 Å². The molecule has 2 aliphatic heterocycles. The van der Waals surface area contributed by atoms with Gasteiger partial charge in [-0.3, -0.25) is 4.90 Å². The predicted molar refractivity (Wildman–Crippen MR) is 103 cm³/mol. The van der Waals surface area contributed by atoms with Crippen LogP contribution in [0.4, 0.5) is 5.69 Å². The molecule has 0 bridgehead atoms. The van der Waals surface area contributed by atoms with Crippen LogP contribution in [0.25, 0.3) is 0 Å². The highest BCUT2D eigenvalue weighted by Gasteiger charge is 2.24. The molecule has 1 fully saturated rings. The Morgan fingerprint density at radius 3 is 2.92 bits per heavy atom. The fourth-order valence-corrected chi connectivity index (χ4v) is 3.75. The number of likely N-dealkylation sites (N-methyl/N-ethyl adjacent to an activating group) is 1. The molecule has 5 heteroatoms. The first-order chi connectivity index (χ1) is 11.3. The lowest BCUT2D eigenvalue weighted by atomic mass is 10.1. The van der Waals surface area contributed by atoms with E-state index >= 15 is 0 Å². The molecule has 24 heavy (non-hydrogen) atoms. The molecular formula is C19H32ClN3O. The van der Waals surface area contributed by atoms with E-state index in [2.05, 4.69) is 47.2 Å². The Balaban J connectivity index is 0.00000208. The summed E-state index contributed by atoms with van der Waals surface area (Å²) in [6.45, 7) is 12.9. The number of halogens is 1. The van der Waals surface area contributed by atoms with Gasteiger partial charge in [0.05, 0.1) is 12.7 Å². The fraction of sp³-hybridized carbons (Fsp3) is 0.684. The number of ether oxygens (including phenoxy) is 1. The second kappa shape index (κ2) is 9.62. The van der Waals surface area contributed by atoms with Crippen LogP contribution < -0.4 is 5.32 Å². The van der Waals surface area contributed by atoms with E-state index in [9.17, 15) is 0 Å². The Hall–Kier alpha value is -0.810. The van der Waals surface area contributed by atoms with Gasteiger partial charge < -0.3 is 15.0 Å². The molecule has 2 heterocycles. The van der Waals surface area contributed by atoms with Crippen LogP contribution in [-0.4, -0.2) is 61.8 Å². The topological polar surface area (TPSA) is 27.7 Å². The van der Waals surface area contributed by atoms with Crippen LogP contribution in [0.15, 0.2) is 18.2 Å². The average molecular weight is 354 g/mol. The van der Waals surface area contributed by atoms with E-state index in [1.807, 2.05) is 0 Å². The summed E-state index contributed by atoms with van der Waals surface area (Å²) in [5, 5.41) is 3.55. The maximum atomic E-state index is 6.10. The summed E-state index contributed by atoms with van der Waals surface area (Å²) in [4.78, 5) is 4.96. The molecule has 0 spiro atoms. The number of nitrogens with one attached hydrogen (secondary N) is 1. The van der Waals surface area contributed by atoms with Crippen molar-refractivity contribution in [2.24, 2.45) is 0 Å². The second-order valence-corrected chi connectivity index (χ2v) is 6.67. The minimum atomic E-state index is 0. The van der Waals surface area contributed by atoms with Crippen molar-refractivity contribution in [3.63, 3.8) is 0 Å².